The Morgan fingerprint density at radius 2 is 1.62 bits per heavy atom. The first-order valence-corrected chi connectivity index (χ1v) is 10.2. The van der Waals surface area contributed by atoms with Crippen molar-refractivity contribution in [3.05, 3.63) is 29.8 Å². The van der Waals surface area contributed by atoms with Gasteiger partial charge in [-0.1, -0.05) is 0 Å². The van der Waals surface area contributed by atoms with Crippen LogP contribution >= 0.6 is 0 Å². The molecule has 1 N–H and O–H groups in total. The largest absolute Gasteiger partial charge is 0.494 e. The van der Waals surface area contributed by atoms with Crippen molar-refractivity contribution in [1.82, 2.24) is 15.1 Å². The molecule has 1 heterocycles. The third-order valence-electron chi connectivity index (χ3n) is 4.66. The van der Waals surface area contributed by atoms with Crippen molar-refractivity contribution in [2.24, 2.45) is 0 Å². The average Bonchev–Trinajstić information content (AvgIpc) is 2.65. The van der Waals surface area contributed by atoms with Gasteiger partial charge in [0.2, 0.25) is 11.8 Å². The number of carbonyl (C=O) groups excluding carboxylic acids is 3. The minimum Gasteiger partial charge on any atom is -0.494 e. The van der Waals surface area contributed by atoms with Gasteiger partial charge in [0.25, 0.3) is 0 Å². The van der Waals surface area contributed by atoms with Crippen LogP contribution in [0, 0.1) is 0 Å². The van der Waals surface area contributed by atoms with Crippen molar-refractivity contribution in [2.45, 2.75) is 46.1 Å². The first kappa shape index (κ1) is 22.9. The summed E-state index contributed by atoms with van der Waals surface area (Å²) in [5.74, 6) is 0.675. The lowest BCUT2D eigenvalue weighted by molar-refractivity contribution is -0.133. The number of piperazine rings is 1. The van der Waals surface area contributed by atoms with E-state index in [1.165, 1.54) is 0 Å². The maximum absolute atomic E-state index is 12.4. The van der Waals surface area contributed by atoms with Gasteiger partial charge >= 0.3 is 0 Å². The van der Waals surface area contributed by atoms with E-state index in [-0.39, 0.29) is 36.0 Å². The van der Waals surface area contributed by atoms with Crippen LogP contribution in [-0.4, -0.2) is 72.3 Å². The van der Waals surface area contributed by atoms with E-state index < -0.39 is 0 Å². The number of amides is 2. The van der Waals surface area contributed by atoms with Gasteiger partial charge in [-0.2, -0.15) is 0 Å². The number of benzene rings is 1. The number of hydrogen-bond acceptors (Lipinski definition) is 5. The van der Waals surface area contributed by atoms with Crippen molar-refractivity contribution in [1.29, 1.82) is 0 Å². The highest BCUT2D eigenvalue weighted by Crippen LogP contribution is 2.15. The van der Waals surface area contributed by atoms with Crippen molar-refractivity contribution in [3.63, 3.8) is 0 Å². The Hall–Kier alpha value is -2.41. The number of ether oxygens (including phenoxy) is 1. The molecule has 0 atom stereocenters. The molecule has 1 aliphatic rings. The van der Waals surface area contributed by atoms with Crippen LogP contribution in [0.3, 0.4) is 0 Å². The van der Waals surface area contributed by atoms with E-state index in [1.807, 2.05) is 27.7 Å². The van der Waals surface area contributed by atoms with Crippen LogP contribution in [0.5, 0.6) is 5.75 Å². The van der Waals surface area contributed by atoms with E-state index in [2.05, 4.69) is 10.2 Å². The molecular weight excluding hydrogens is 370 g/mol. The third kappa shape index (κ3) is 7.85. The molecule has 2 rings (SSSR count). The number of ketones is 1. The average molecular weight is 404 g/mol. The fourth-order valence-corrected chi connectivity index (χ4v) is 3.24. The molecule has 0 radical (unpaired) electrons. The van der Waals surface area contributed by atoms with Crippen molar-refractivity contribution < 1.29 is 19.1 Å². The molecule has 1 aliphatic heterocycles. The van der Waals surface area contributed by atoms with Gasteiger partial charge in [0.05, 0.1) is 13.2 Å². The molecule has 1 aromatic rings. The molecule has 0 aliphatic carbocycles. The van der Waals surface area contributed by atoms with E-state index in [9.17, 15) is 14.4 Å². The number of carbonyl (C=O) groups is 3. The summed E-state index contributed by atoms with van der Waals surface area (Å²) in [5.41, 5.74) is 0.348. The summed E-state index contributed by atoms with van der Waals surface area (Å²) in [6.45, 7) is 11.2. The zero-order valence-corrected chi connectivity index (χ0v) is 18.0. The molecule has 160 valence electrons. The molecule has 7 heteroatoms. The second-order valence-electron chi connectivity index (χ2n) is 8.34. The zero-order chi connectivity index (χ0) is 21.4. The standard InChI is InChI=1S/C22H33N3O4/c1-5-29-18-8-6-17(7-9-18)19(26)10-11-21(28)25-14-12-24(13-15-25)16-20(27)23-22(2,3)4/h6-9H,5,10-16H2,1-4H3,(H,23,27). The maximum atomic E-state index is 12.4. The number of Topliss-reactive ketones (excluding diaryl/α,β-unsaturated/α-hetero) is 1. The summed E-state index contributed by atoms with van der Waals surface area (Å²) in [7, 11) is 0. The van der Waals surface area contributed by atoms with Crippen LogP contribution in [0.25, 0.3) is 0 Å². The fourth-order valence-electron chi connectivity index (χ4n) is 3.24. The number of rotatable bonds is 8. The number of nitrogens with zero attached hydrogens (tertiary/aromatic N) is 2. The summed E-state index contributed by atoms with van der Waals surface area (Å²) >= 11 is 0. The molecule has 29 heavy (non-hydrogen) atoms. The molecule has 0 unspecified atom stereocenters. The smallest absolute Gasteiger partial charge is 0.234 e. The van der Waals surface area contributed by atoms with Crippen molar-refractivity contribution in [3.8, 4) is 5.75 Å². The third-order valence-corrected chi connectivity index (χ3v) is 4.66. The van der Waals surface area contributed by atoms with Gasteiger partial charge in [-0.15, -0.1) is 0 Å². The van der Waals surface area contributed by atoms with Gasteiger partial charge in [-0.3, -0.25) is 19.3 Å². The second kappa shape index (κ2) is 10.4. The van der Waals surface area contributed by atoms with Gasteiger partial charge in [-0.25, -0.2) is 0 Å². The van der Waals surface area contributed by atoms with Crippen molar-refractivity contribution in [2.75, 3.05) is 39.3 Å². The maximum Gasteiger partial charge on any atom is 0.234 e. The minimum atomic E-state index is -0.245. The molecule has 1 saturated heterocycles. The molecule has 1 aromatic carbocycles. The lowest BCUT2D eigenvalue weighted by Crippen LogP contribution is -2.52. The molecule has 7 nitrogen and oxygen atoms in total. The van der Waals surface area contributed by atoms with E-state index in [4.69, 9.17) is 4.74 Å². The van der Waals surface area contributed by atoms with Crippen LogP contribution in [-0.2, 0) is 9.59 Å². The predicted molar refractivity (Wildman–Crippen MR) is 112 cm³/mol. The Kier molecular flexibility index (Phi) is 8.20. The van der Waals surface area contributed by atoms with Crippen LogP contribution in [0.2, 0.25) is 0 Å². The van der Waals surface area contributed by atoms with Crippen LogP contribution < -0.4 is 10.1 Å². The van der Waals surface area contributed by atoms with E-state index in [0.717, 1.165) is 5.75 Å². The minimum absolute atomic E-state index is 0.00164. The predicted octanol–water partition coefficient (Wildman–Crippen LogP) is 2.11. The SMILES string of the molecule is CCOc1ccc(C(=O)CCC(=O)N2CCN(CC(=O)NC(C)(C)C)CC2)cc1. The first-order valence-electron chi connectivity index (χ1n) is 10.2. The van der Waals surface area contributed by atoms with Crippen LogP contribution in [0.4, 0.5) is 0 Å². The summed E-state index contributed by atoms with van der Waals surface area (Å²) in [6, 6.07) is 7.01. The number of hydrogen-bond donors (Lipinski definition) is 1. The summed E-state index contributed by atoms with van der Waals surface area (Å²) < 4.78 is 5.37. The quantitative estimate of drug-likeness (QED) is 0.673. The monoisotopic (exact) mass is 403 g/mol. The molecule has 0 spiro atoms. The highest BCUT2D eigenvalue weighted by Gasteiger charge is 2.24. The summed E-state index contributed by atoms with van der Waals surface area (Å²) in [5, 5.41) is 2.95. The summed E-state index contributed by atoms with van der Waals surface area (Å²) in [4.78, 5) is 40.6. The van der Waals surface area contributed by atoms with Gasteiger partial charge < -0.3 is 15.0 Å². The van der Waals surface area contributed by atoms with Crippen LogP contribution in [0.15, 0.2) is 24.3 Å². The Morgan fingerprint density at radius 1 is 1.00 bits per heavy atom. The van der Waals surface area contributed by atoms with Crippen molar-refractivity contribution >= 4 is 17.6 Å². The Labute approximate surface area is 173 Å². The topological polar surface area (TPSA) is 79.0 Å². The van der Waals surface area contributed by atoms with E-state index >= 15 is 0 Å². The fraction of sp³-hybridized carbons (Fsp3) is 0.591. The normalized spacial score (nSPS) is 15.1. The van der Waals surface area contributed by atoms with Gasteiger partial charge in [0, 0.05) is 50.1 Å². The Bertz CT molecular complexity index is 702. The van der Waals surface area contributed by atoms with Crippen LogP contribution in [0.1, 0.15) is 50.9 Å². The Morgan fingerprint density at radius 3 is 2.17 bits per heavy atom. The van der Waals surface area contributed by atoms with Gasteiger partial charge in [0.1, 0.15) is 5.75 Å². The molecule has 0 saturated carbocycles. The van der Waals surface area contributed by atoms with Gasteiger partial charge in [0.15, 0.2) is 5.78 Å². The molecule has 0 bridgehead atoms. The first-order chi connectivity index (χ1) is 13.7. The summed E-state index contributed by atoms with van der Waals surface area (Å²) in [6.07, 6.45) is 0.400. The molecular formula is C22H33N3O4. The highest BCUT2D eigenvalue weighted by molar-refractivity contribution is 5.98. The van der Waals surface area contributed by atoms with Gasteiger partial charge in [-0.05, 0) is 52.0 Å². The second-order valence-corrected chi connectivity index (χ2v) is 8.34. The highest BCUT2D eigenvalue weighted by atomic mass is 16.5. The lowest BCUT2D eigenvalue weighted by Gasteiger charge is -2.35. The molecule has 2 amide bonds. The zero-order valence-electron chi connectivity index (χ0n) is 18.0. The van der Waals surface area contributed by atoms with E-state index in [0.29, 0.717) is 44.9 Å². The molecule has 1 fully saturated rings. The van der Waals surface area contributed by atoms with E-state index in [1.54, 1.807) is 29.2 Å². The lowest BCUT2D eigenvalue weighted by atomic mass is 10.1. The molecule has 0 aromatic heterocycles. The Balaban J connectivity index is 1.72. The number of nitrogens with one attached hydrogen (secondary N) is 1.